The van der Waals surface area contributed by atoms with Crippen LogP contribution in [0.2, 0.25) is 0 Å². The molecule has 0 unspecified atom stereocenters. The molecule has 5 nitrogen and oxygen atoms in total. The van der Waals surface area contributed by atoms with E-state index < -0.39 is 0 Å². The lowest BCUT2D eigenvalue weighted by Crippen LogP contribution is -2.39. The highest BCUT2D eigenvalue weighted by Crippen LogP contribution is 2.38. The van der Waals surface area contributed by atoms with Crippen molar-refractivity contribution in [2.24, 2.45) is 5.41 Å². The third-order valence-corrected chi connectivity index (χ3v) is 5.10. The summed E-state index contributed by atoms with van der Waals surface area (Å²) in [5.74, 6) is 0.0999. The van der Waals surface area contributed by atoms with E-state index >= 15 is 0 Å². The topological polar surface area (TPSA) is 78.0 Å². The standard InChI is InChI=1S/C17H29N3O2/c1-13-15(14(2)20-19-13)6-7-16(22)18-12-17(10-11-21)8-4-3-5-9-17/h21H,3-12H2,1-2H3,(H,18,22)(H,19,20). The van der Waals surface area contributed by atoms with Crippen LogP contribution in [0.1, 0.15) is 61.9 Å². The number of H-pyrrole nitrogens is 1. The van der Waals surface area contributed by atoms with Gasteiger partial charge < -0.3 is 10.4 Å². The first-order valence-corrected chi connectivity index (χ1v) is 8.44. The Balaban J connectivity index is 1.81. The summed E-state index contributed by atoms with van der Waals surface area (Å²) in [5.41, 5.74) is 3.30. The summed E-state index contributed by atoms with van der Waals surface area (Å²) in [4.78, 5) is 12.1. The van der Waals surface area contributed by atoms with Crippen LogP contribution in [0.5, 0.6) is 0 Å². The predicted octanol–water partition coefficient (Wildman–Crippen LogP) is 2.41. The Morgan fingerprint density at radius 1 is 1.32 bits per heavy atom. The van der Waals surface area contributed by atoms with Crippen molar-refractivity contribution < 1.29 is 9.90 Å². The number of aliphatic hydroxyl groups excluding tert-OH is 1. The van der Waals surface area contributed by atoms with Gasteiger partial charge in [0, 0.05) is 25.3 Å². The molecule has 1 amide bonds. The summed E-state index contributed by atoms with van der Waals surface area (Å²) < 4.78 is 0. The predicted molar refractivity (Wildman–Crippen MR) is 86.6 cm³/mol. The lowest BCUT2D eigenvalue weighted by Gasteiger charge is -2.37. The first-order valence-electron chi connectivity index (χ1n) is 8.44. The van der Waals surface area contributed by atoms with E-state index in [1.165, 1.54) is 19.3 Å². The van der Waals surface area contributed by atoms with E-state index in [-0.39, 0.29) is 17.9 Å². The van der Waals surface area contributed by atoms with Crippen LogP contribution in [0, 0.1) is 19.3 Å². The molecule has 1 aromatic rings. The van der Waals surface area contributed by atoms with Crippen LogP contribution in [-0.2, 0) is 11.2 Å². The van der Waals surface area contributed by atoms with Crippen LogP contribution >= 0.6 is 0 Å². The van der Waals surface area contributed by atoms with Gasteiger partial charge in [-0.3, -0.25) is 9.89 Å². The largest absolute Gasteiger partial charge is 0.396 e. The minimum Gasteiger partial charge on any atom is -0.396 e. The molecule has 5 heteroatoms. The number of amides is 1. The van der Waals surface area contributed by atoms with Gasteiger partial charge in [0.15, 0.2) is 0 Å². The van der Waals surface area contributed by atoms with Crippen LogP contribution in [0.15, 0.2) is 0 Å². The minimum absolute atomic E-state index is 0.0999. The Bertz CT molecular complexity index is 465. The van der Waals surface area contributed by atoms with Gasteiger partial charge in [-0.2, -0.15) is 5.10 Å². The van der Waals surface area contributed by atoms with Gasteiger partial charge in [0.2, 0.25) is 5.91 Å². The van der Waals surface area contributed by atoms with E-state index in [2.05, 4.69) is 15.5 Å². The molecule has 1 aromatic heterocycles. The molecule has 0 spiro atoms. The number of aromatic amines is 1. The van der Waals surface area contributed by atoms with Crippen molar-refractivity contribution in [2.45, 2.75) is 65.2 Å². The third-order valence-electron chi connectivity index (χ3n) is 5.10. The molecule has 3 N–H and O–H groups in total. The van der Waals surface area contributed by atoms with Crippen LogP contribution in [0.4, 0.5) is 0 Å². The number of carbonyl (C=O) groups is 1. The zero-order valence-electron chi connectivity index (χ0n) is 13.9. The second-order valence-electron chi connectivity index (χ2n) is 6.72. The summed E-state index contributed by atoms with van der Waals surface area (Å²) in [6, 6.07) is 0. The zero-order valence-corrected chi connectivity index (χ0v) is 13.9. The Morgan fingerprint density at radius 2 is 2.05 bits per heavy atom. The molecular weight excluding hydrogens is 278 g/mol. The third kappa shape index (κ3) is 4.32. The summed E-state index contributed by atoms with van der Waals surface area (Å²) in [6.07, 6.45) is 7.96. The number of nitrogens with zero attached hydrogens (tertiary/aromatic N) is 1. The van der Waals surface area contributed by atoms with Gasteiger partial charge in [-0.1, -0.05) is 19.3 Å². The molecular formula is C17H29N3O2. The number of aryl methyl sites for hydroxylation is 2. The van der Waals surface area contributed by atoms with Crippen molar-refractivity contribution in [3.05, 3.63) is 17.0 Å². The Hall–Kier alpha value is -1.36. The number of hydrogen-bond acceptors (Lipinski definition) is 3. The zero-order chi connectivity index (χ0) is 16.0. The van der Waals surface area contributed by atoms with Crippen molar-refractivity contribution in [1.82, 2.24) is 15.5 Å². The van der Waals surface area contributed by atoms with Crippen molar-refractivity contribution >= 4 is 5.91 Å². The van der Waals surface area contributed by atoms with E-state index in [4.69, 9.17) is 0 Å². The highest BCUT2D eigenvalue weighted by molar-refractivity contribution is 5.76. The highest BCUT2D eigenvalue weighted by Gasteiger charge is 2.31. The first kappa shape index (κ1) is 17.0. The normalized spacial score (nSPS) is 17.4. The number of nitrogens with one attached hydrogen (secondary N) is 2. The Labute approximate surface area is 132 Å². The van der Waals surface area contributed by atoms with Gasteiger partial charge >= 0.3 is 0 Å². The van der Waals surface area contributed by atoms with Gasteiger partial charge in [0.25, 0.3) is 0 Å². The van der Waals surface area contributed by atoms with Crippen molar-refractivity contribution in [1.29, 1.82) is 0 Å². The molecule has 124 valence electrons. The summed E-state index contributed by atoms with van der Waals surface area (Å²) in [5, 5.41) is 19.5. The molecule has 0 aliphatic heterocycles. The molecule has 0 aromatic carbocycles. The number of aromatic nitrogens is 2. The van der Waals surface area contributed by atoms with Crippen molar-refractivity contribution in [3.8, 4) is 0 Å². The van der Waals surface area contributed by atoms with Gasteiger partial charge in [0.05, 0.1) is 5.69 Å². The van der Waals surface area contributed by atoms with Crippen LogP contribution in [-0.4, -0.2) is 34.4 Å². The van der Waals surface area contributed by atoms with Gasteiger partial charge in [-0.05, 0) is 50.5 Å². The molecule has 2 rings (SSSR count). The summed E-state index contributed by atoms with van der Waals surface area (Å²) >= 11 is 0. The lowest BCUT2D eigenvalue weighted by atomic mass is 9.72. The van der Waals surface area contributed by atoms with Gasteiger partial charge in [0.1, 0.15) is 0 Å². The minimum atomic E-state index is 0.0999. The molecule has 1 aliphatic rings. The maximum atomic E-state index is 12.1. The van der Waals surface area contributed by atoms with Crippen LogP contribution in [0.25, 0.3) is 0 Å². The van der Waals surface area contributed by atoms with E-state index in [1.807, 2.05) is 13.8 Å². The van der Waals surface area contributed by atoms with Crippen LogP contribution < -0.4 is 5.32 Å². The molecule has 1 fully saturated rings. The molecule has 0 saturated heterocycles. The molecule has 1 aliphatic carbocycles. The fourth-order valence-corrected chi connectivity index (χ4v) is 3.61. The first-order chi connectivity index (χ1) is 10.6. The van der Waals surface area contributed by atoms with Gasteiger partial charge in [-0.15, -0.1) is 0 Å². The number of hydrogen-bond donors (Lipinski definition) is 3. The van der Waals surface area contributed by atoms with E-state index in [0.717, 1.165) is 42.6 Å². The van der Waals surface area contributed by atoms with Crippen molar-refractivity contribution in [3.63, 3.8) is 0 Å². The quantitative estimate of drug-likeness (QED) is 0.724. The highest BCUT2D eigenvalue weighted by atomic mass is 16.3. The van der Waals surface area contributed by atoms with Gasteiger partial charge in [-0.25, -0.2) is 0 Å². The maximum absolute atomic E-state index is 12.1. The summed E-state index contributed by atoms with van der Waals surface area (Å²) in [6.45, 7) is 4.87. The number of carbonyl (C=O) groups excluding carboxylic acids is 1. The molecule has 1 heterocycles. The van der Waals surface area contributed by atoms with Crippen LogP contribution in [0.3, 0.4) is 0 Å². The Kier molecular flexibility index (Phi) is 6.00. The average Bonchev–Trinajstić information content (AvgIpc) is 2.83. The van der Waals surface area contributed by atoms with E-state index in [1.54, 1.807) is 0 Å². The summed E-state index contributed by atoms with van der Waals surface area (Å²) in [7, 11) is 0. The smallest absolute Gasteiger partial charge is 0.220 e. The molecule has 0 bridgehead atoms. The average molecular weight is 307 g/mol. The lowest BCUT2D eigenvalue weighted by molar-refractivity contribution is -0.121. The SMILES string of the molecule is Cc1n[nH]c(C)c1CCC(=O)NCC1(CCO)CCCCC1. The Morgan fingerprint density at radius 3 is 2.64 bits per heavy atom. The second-order valence-corrected chi connectivity index (χ2v) is 6.72. The monoisotopic (exact) mass is 307 g/mol. The molecule has 1 saturated carbocycles. The van der Waals surface area contributed by atoms with Crippen molar-refractivity contribution in [2.75, 3.05) is 13.2 Å². The second kappa shape index (κ2) is 7.77. The maximum Gasteiger partial charge on any atom is 0.220 e. The van der Waals surface area contributed by atoms with E-state index in [0.29, 0.717) is 13.0 Å². The fourth-order valence-electron chi connectivity index (χ4n) is 3.61. The number of rotatable bonds is 7. The number of aliphatic hydroxyl groups is 1. The molecule has 0 atom stereocenters. The fraction of sp³-hybridized carbons (Fsp3) is 0.765. The molecule has 22 heavy (non-hydrogen) atoms. The van der Waals surface area contributed by atoms with E-state index in [9.17, 15) is 9.90 Å². The molecule has 0 radical (unpaired) electrons.